The highest BCUT2D eigenvalue weighted by molar-refractivity contribution is 5.76. The minimum atomic E-state index is 0.0742. The molecule has 0 heterocycles. The first-order chi connectivity index (χ1) is 9.52. The molecule has 0 aliphatic carbocycles. The molecule has 20 heavy (non-hydrogen) atoms. The molecule has 1 atom stereocenters. The fraction of sp³-hybridized carbons (Fsp3) is 0.588. The molecule has 0 saturated carbocycles. The molecule has 1 aromatic carbocycles. The highest BCUT2D eigenvalue weighted by Gasteiger charge is 2.09. The van der Waals surface area contributed by atoms with E-state index < -0.39 is 0 Å². The highest BCUT2D eigenvalue weighted by atomic mass is 16.1. The average molecular weight is 276 g/mol. The molecule has 1 rings (SSSR count). The maximum Gasteiger partial charge on any atom is 0.220 e. The molecule has 1 aromatic rings. The molecule has 0 fully saturated rings. The smallest absolute Gasteiger partial charge is 0.220 e. The van der Waals surface area contributed by atoms with Crippen LogP contribution in [-0.2, 0) is 11.2 Å². The van der Waals surface area contributed by atoms with Crippen LogP contribution in [0.15, 0.2) is 24.3 Å². The Bertz CT molecular complexity index is 398. The van der Waals surface area contributed by atoms with Gasteiger partial charge in [-0.3, -0.25) is 4.79 Å². The summed E-state index contributed by atoms with van der Waals surface area (Å²) in [6.07, 6.45) is 2.56. The Morgan fingerprint density at radius 1 is 1.15 bits per heavy atom. The Labute approximate surface area is 123 Å². The van der Waals surface area contributed by atoms with E-state index in [4.69, 9.17) is 0 Å². The minimum absolute atomic E-state index is 0.0742. The fourth-order valence-corrected chi connectivity index (χ4v) is 2.24. The molecule has 3 heteroatoms. The molecule has 0 bridgehead atoms. The highest BCUT2D eigenvalue weighted by Crippen LogP contribution is 2.15. The summed E-state index contributed by atoms with van der Waals surface area (Å²) in [5, 5.41) is 6.10. The maximum atomic E-state index is 11.8. The van der Waals surface area contributed by atoms with Gasteiger partial charge < -0.3 is 10.6 Å². The van der Waals surface area contributed by atoms with Crippen molar-refractivity contribution < 1.29 is 4.79 Å². The summed E-state index contributed by atoms with van der Waals surface area (Å²) >= 11 is 0. The number of hydrogen-bond acceptors (Lipinski definition) is 2. The molecule has 1 amide bonds. The van der Waals surface area contributed by atoms with E-state index in [0.29, 0.717) is 12.3 Å². The average Bonchev–Trinajstić information content (AvgIpc) is 2.39. The Morgan fingerprint density at radius 3 is 2.35 bits per heavy atom. The van der Waals surface area contributed by atoms with Crippen LogP contribution in [0, 0.1) is 5.92 Å². The lowest BCUT2D eigenvalue weighted by Gasteiger charge is -2.15. The number of carbonyl (C=O) groups excluding carboxylic acids is 1. The quantitative estimate of drug-likeness (QED) is 0.717. The zero-order chi connectivity index (χ0) is 15.0. The van der Waals surface area contributed by atoms with Crippen LogP contribution < -0.4 is 10.6 Å². The van der Waals surface area contributed by atoms with E-state index in [1.807, 2.05) is 14.0 Å². The van der Waals surface area contributed by atoms with Crippen molar-refractivity contribution >= 4 is 5.91 Å². The first-order valence-electron chi connectivity index (χ1n) is 7.55. The minimum Gasteiger partial charge on any atom is -0.350 e. The summed E-state index contributed by atoms with van der Waals surface area (Å²) in [7, 11) is 1.90. The van der Waals surface area contributed by atoms with E-state index in [-0.39, 0.29) is 11.9 Å². The van der Waals surface area contributed by atoms with Crippen molar-refractivity contribution in [3.63, 3.8) is 0 Å². The second-order valence-electron chi connectivity index (χ2n) is 5.84. The zero-order valence-electron chi connectivity index (χ0n) is 13.2. The Kier molecular flexibility index (Phi) is 7.31. The zero-order valence-corrected chi connectivity index (χ0v) is 13.2. The summed E-state index contributed by atoms with van der Waals surface area (Å²) in [6, 6.07) is 8.65. The van der Waals surface area contributed by atoms with Crippen molar-refractivity contribution in [2.75, 3.05) is 13.6 Å². The van der Waals surface area contributed by atoms with Crippen LogP contribution in [0.1, 0.15) is 50.8 Å². The molecule has 2 N–H and O–H groups in total. The van der Waals surface area contributed by atoms with Crippen LogP contribution in [0.4, 0.5) is 0 Å². The van der Waals surface area contributed by atoms with Crippen LogP contribution >= 0.6 is 0 Å². The molecule has 0 radical (unpaired) electrons. The van der Waals surface area contributed by atoms with Gasteiger partial charge in [0.25, 0.3) is 0 Å². The van der Waals surface area contributed by atoms with E-state index in [0.717, 1.165) is 19.4 Å². The molecular formula is C17H28N2O. The van der Waals surface area contributed by atoms with Gasteiger partial charge >= 0.3 is 0 Å². The predicted octanol–water partition coefficient (Wildman–Crippen LogP) is 3.06. The van der Waals surface area contributed by atoms with Gasteiger partial charge in [0, 0.05) is 6.42 Å². The van der Waals surface area contributed by atoms with E-state index in [1.54, 1.807) is 0 Å². The van der Waals surface area contributed by atoms with E-state index in [9.17, 15) is 4.79 Å². The largest absolute Gasteiger partial charge is 0.350 e. The Hall–Kier alpha value is -1.35. The lowest BCUT2D eigenvalue weighted by Crippen LogP contribution is -2.27. The van der Waals surface area contributed by atoms with Crippen LogP contribution in [0.25, 0.3) is 0 Å². The summed E-state index contributed by atoms with van der Waals surface area (Å²) < 4.78 is 0. The first kappa shape index (κ1) is 16.7. The lowest BCUT2D eigenvalue weighted by atomic mass is 10.00. The molecule has 0 aliphatic heterocycles. The summed E-state index contributed by atoms with van der Waals surface area (Å²) in [5.74, 6) is 0.796. The normalized spacial score (nSPS) is 12.4. The van der Waals surface area contributed by atoms with Crippen LogP contribution in [0.2, 0.25) is 0 Å². The third kappa shape index (κ3) is 6.20. The molecule has 1 unspecified atom stereocenters. The molecular weight excluding hydrogens is 248 g/mol. The van der Waals surface area contributed by atoms with Crippen LogP contribution in [0.3, 0.4) is 0 Å². The van der Waals surface area contributed by atoms with Crippen LogP contribution in [-0.4, -0.2) is 19.5 Å². The second kappa shape index (κ2) is 8.75. The fourth-order valence-electron chi connectivity index (χ4n) is 2.24. The summed E-state index contributed by atoms with van der Waals surface area (Å²) in [4.78, 5) is 11.8. The first-order valence-corrected chi connectivity index (χ1v) is 7.55. The van der Waals surface area contributed by atoms with Gasteiger partial charge in [0.1, 0.15) is 0 Å². The molecule has 0 aromatic heterocycles. The van der Waals surface area contributed by atoms with Gasteiger partial charge in [-0.2, -0.15) is 0 Å². The molecule has 0 saturated heterocycles. The van der Waals surface area contributed by atoms with E-state index in [1.165, 1.54) is 11.1 Å². The molecule has 0 aliphatic rings. The van der Waals surface area contributed by atoms with Crippen molar-refractivity contribution in [2.24, 2.45) is 5.92 Å². The van der Waals surface area contributed by atoms with Crippen molar-refractivity contribution in [3.8, 4) is 0 Å². The maximum absolute atomic E-state index is 11.8. The van der Waals surface area contributed by atoms with E-state index in [2.05, 4.69) is 48.7 Å². The van der Waals surface area contributed by atoms with Crippen molar-refractivity contribution in [1.82, 2.24) is 10.6 Å². The van der Waals surface area contributed by atoms with Gasteiger partial charge in [-0.1, -0.05) is 38.1 Å². The second-order valence-corrected chi connectivity index (χ2v) is 5.84. The number of hydrogen-bond donors (Lipinski definition) is 2. The topological polar surface area (TPSA) is 41.1 Å². The summed E-state index contributed by atoms with van der Waals surface area (Å²) in [5.41, 5.74) is 2.52. The van der Waals surface area contributed by atoms with Gasteiger partial charge in [-0.05, 0) is 50.4 Å². The van der Waals surface area contributed by atoms with Gasteiger partial charge in [-0.25, -0.2) is 0 Å². The number of carbonyl (C=O) groups is 1. The van der Waals surface area contributed by atoms with E-state index >= 15 is 0 Å². The van der Waals surface area contributed by atoms with Crippen molar-refractivity contribution in [2.45, 2.75) is 46.1 Å². The summed E-state index contributed by atoms with van der Waals surface area (Å²) in [6.45, 7) is 7.36. The Morgan fingerprint density at radius 2 is 1.80 bits per heavy atom. The standard InChI is InChI=1S/C17H28N2O/c1-13(2)12-15-7-9-16(10-8-15)14(3)19-17(20)6-5-11-18-4/h7-10,13-14,18H,5-6,11-12H2,1-4H3,(H,19,20). The van der Waals surface area contributed by atoms with Crippen molar-refractivity contribution in [3.05, 3.63) is 35.4 Å². The van der Waals surface area contributed by atoms with Crippen LogP contribution in [0.5, 0.6) is 0 Å². The van der Waals surface area contributed by atoms with Gasteiger partial charge in [0.15, 0.2) is 0 Å². The van der Waals surface area contributed by atoms with Crippen molar-refractivity contribution in [1.29, 1.82) is 0 Å². The van der Waals surface area contributed by atoms with Gasteiger partial charge in [-0.15, -0.1) is 0 Å². The Balaban J connectivity index is 2.46. The SMILES string of the molecule is CNCCCC(=O)NC(C)c1ccc(CC(C)C)cc1. The number of nitrogens with one attached hydrogen (secondary N) is 2. The third-order valence-corrected chi connectivity index (χ3v) is 3.33. The monoisotopic (exact) mass is 276 g/mol. The van der Waals surface area contributed by atoms with Gasteiger partial charge in [0.05, 0.1) is 6.04 Å². The lowest BCUT2D eigenvalue weighted by molar-refractivity contribution is -0.121. The predicted molar refractivity (Wildman–Crippen MR) is 84.7 cm³/mol. The number of benzene rings is 1. The molecule has 0 spiro atoms. The van der Waals surface area contributed by atoms with Gasteiger partial charge in [0.2, 0.25) is 5.91 Å². The number of rotatable bonds is 8. The molecule has 112 valence electrons. The number of amides is 1. The molecule has 3 nitrogen and oxygen atoms in total. The third-order valence-electron chi connectivity index (χ3n) is 3.33.